The highest BCUT2D eigenvalue weighted by molar-refractivity contribution is 5.16. The van der Waals surface area contributed by atoms with E-state index in [0.717, 1.165) is 25.9 Å². The fourth-order valence-electron chi connectivity index (χ4n) is 5.04. The molecule has 0 aromatic carbocycles. The van der Waals surface area contributed by atoms with Gasteiger partial charge in [0, 0.05) is 12.3 Å². The Morgan fingerprint density at radius 1 is 1.24 bits per heavy atom. The van der Waals surface area contributed by atoms with Crippen LogP contribution < -0.4 is 4.74 Å². The van der Waals surface area contributed by atoms with Gasteiger partial charge in [0.25, 0.3) is 0 Å². The van der Waals surface area contributed by atoms with Gasteiger partial charge in [-0.25, -0.2) is 4.98 Å². The second-order valence-electron chi connectivity index (χ2n) is 8.54. The number of rotatable bonds is 3. The zero-order valence-electron chi connectivity index (χ0n) is 15.4. The van der Waals surface area contributed by atoms with E-state index in [4.69, 9.17) is 9.47 Å². The standard InChI is InChI=1S/C20H30N2O3/c1-19(2)13-15-12-16(25-17-8-4-5-9-21-17)18(20(15,23)14-24-19)22-10-6-3-7-11-22/h4-5,8-9,15-16,18,23H,3,6-7,10-14H2,1-2H3/t15-,16-,18+,20+/m1/s1. The van der Waals surface area contributed by atoms with Gasteiger partial charge in [-0.05, 0) is 64.6 Å². The molecule has 1 aromatic rings. The van der Waals surface area contributed by atoms with E-state index in [9.17, 15) is 5.11 Å². The molecule has 4 rings (SSSR count). The first kappa shape index (κ1) is 17.3. The summed E-state index contributed by atoms with van der Waals surface area (Å²) in [5.41, 5.74) is -1.00. The number of piperidine rings is 1. The molecule has 2 aliphatic heterocycles. The predicted octanol–water partition coefficient (Wildman–Crippen LogP) is 2.63. The molecule has 0 amide bonds. The van der Waals surface area contributed by atoms with Gasteiger partial charge in [-0.2, -0.15) is 0 Å². The fraction of sp³-hybridized carbons (Fsp3) is 0.750. The molecule has 4 atom stereocenters. The van der Waals surface area contributed by atoms with Crippen LogP contribution in [0, 0.1) is 5.92 Å². The molecule has 3 fully saturated rings. The molecule has 5 heteroatoms. The van der Waals surface area contributed by atoms with E-state index in [1.807, 2.05) is 18.2 Å². The molecule has 3 heterocycles. The van der Waals surface area contributed by atoms with E-state index in [1.54, 1.807) is 6.20 Å². The number of hydrogen-bond acceptors (Lipinski definition) is 5. The maximum absolute atomic E-state index is 11.6. The molecule has 1 aliphatic carbocycles. The van der Waals surface area contributed by atoms with E-state index in [1.165, 1.54) is 19.3 Å². The average Bonchev–Trinajstić information content (AvgIpc) is 2.87. The number of aliphatic hydroxyl groups is 1. The lowest BCUT2D eigenvalue weighted by Gasteiger charge is -2.48. The number of aromatic nitrogens is 1. The van der Waals surface area contributed by atoms with Crippen LogP contribution in [0.1, 0.15) is 46.0 Å². The van der Waals surface area contributed by atoms with Gasteiger partial charge in [0.05, 0.1) is 18.2 Å². The van der Waals surface area contributed by atoms with Crippen molar-refractivity contribution in [3.8, 4) is 5.88 Å². The van der Waals surface area contributed by atoms with Crippen molar-refractivity contribution in [3.63, 3.8) is 0 Å². The number of fused-ring (bicyclic) bond motifs is 1. The Bertz CT molecular complexity index is 588. The Kier molecular flexibility index (Phi) is 4.50. The topological polar surface area (TPSA) is 54.8 Å². The summed E-state index contributed by atoms with van der Waals surface area (Å²) in [5, 5.41) is 11.6. The molecule has 0 spiro atoms. The summed E-state index contributed by atoms with van der Waals surface area (Å²) in [4.78, 5) is 6.78. The van der Waals surface area contributed by atoms with Gasteiger partial charge in [0.2, 0.25) is 5.88 Å². The second kappa shape index (κ2) is 6.53. The van der Waals surface area contributed by atoms with Gasteiger partial charge in [-0.15, -0.1) is 0 Å². The lowest BCUT2D eigenvalue weighted by Crippen LogP contribution is -2.62. The summed E-state index contributed by atoms with van der Waals surface area (Å²) >= 11 is 0. The van der Waals surface area contributed by atoms with Crippen LogP contribution in [0.3, 0.4) is 0 Å². The van der Waals surface area contributed by atoms with Crippen molar-refractivity contribution >= 4 is 0 Å². The molecule has 0 bridgehead atoms. The Morgan fingerprint density at radius 2 is 2.04 bits per heavy atom. The summed E-state index contributed by atoms with van der Waals surface area (Å²) in [6, 6.07) is 5.73. The molecule has 1 saturated carbocycles. The molecule has 25 heavy (non-hydrogen) atoms. The third kappa shape index (κ3) is 3.29. The summed E-state index contributed by atoms with van der Waals surface area (Å²) in [5.74, 6) is 0.855. The van der Waals surface area contributed by atoms with Crippen molar-refractivity contribution in [1.82, 2.24) is 9.88 Å². The summed E-state index contributed by atoms with van der Waals surface area (Å²) in [6.45, 7) is 6.70. The number of likely N-dealkylation sites (tertiary alicyclic amines) is 1. The molecule has 138 valence electrons. The molecule has 0 radical (unpaired) electrons. The molecule has 2 saturated heterocycles. The minimum atomic E-state index is -0.827. The van der Waals surface area contributed by atoms with Crippen molar-refractivity contribution < 1.29 is 14.6 Å². The molecule has 0 unspecified atom stereocenters. The fourth-order valence-corrected chi connectivity index (χ4v) is 5.04. The maximum Gasteiger partial charge on any atom is 0.213 e. The predicted molar refractivity (Wildman–Crippen MR) is 95.6 cm³/mol. The van der Waals surface area contributed by atoms with Crippen molar-refractivity contribution in [2.24, 2.45) is 5.92 Å². The third-order valence-corrected chi connectivity index (χ3v) is 6.21. The van der Waals surface area contributed by atoms with Gasteiger partial charge >= 0.3 is 0 Å². The minimum Gasteiger partial charge on any atom is -0.473 e. The van der Waals surface area contributed by atoms with Crippen molar-refractivity contribution in [3.05, 3.63) is 24.4 Å². The lowest BCUT2D eigenvalue weighted by atomic mass is 9.78. The van der Waals surface area contributed by atoms with Crippen LogP contribution in [0.15, 0.2) is 24.4 Å². The number of pyridine rings is 1. The molecule has 1 aromatic heterocycles. The highest BCUT2D eigenvalue weighted by atomic mass is 16.5. The van der Waals surface area contributed by atoms with Crippen molar-refractivity contribution in [1.29, 1.82) is 0 Å². The van der Waals surface area contributed by atoms with Gasteiger partial charge in [-0.1, -0.05) is 12.5 Å². The Balaban J connectivity index is 1.61. The summed E-state index contributed by atoms with van der Waals surface area (Å²) in [6.07, 6.45) is 7.12. The monoisotopic (exact) mass is 346 g/mol. The van der Waals surface area contributed by atoms with E-state index >= 15 is 0 Å². The van der Waals surface area contributed by atoms with E-state index in [2.05, 4.69) is 23.7 Å². The van der Waals surface area contributed by atoms with Crippen molar-refractivity contribution in [2.45, 2.75) is 69.3 Å². The van der Waals surface area contributed by atoms with Crippen LogP contribution >= 0.6 is 0 Å². The van der Waals surface area contributed by atoms with Crippen LogP contribution in [0.2, 0.25) is 0 Å². The highest BCUT2D eigenvalue weighted by Gasteiger charge is 2.61. The van der Waals surface area contributed by atoms with Crippen LogP contribution in [-0.4, -0.2) is 58.0 Å². The highest BCUT2D eigenvalue weighted by Crippen LogP contribution is 2.48. The van der Waals surface area contributed by atoms with Gasteiger partial charge in [0.1, 0.15) is 11.7 Å². The van der Waals surface area contributed by atoms with Gasteiger partial charge < -0.3 is 14.6 Å². The summed E-state index contributed by atoms with van der Waals surface area (Å²) < 4.78 is 12.4. The lowest BCUT2D eigenvalue weighted by molar-refractivity contribution is -0.198. The van der Waals surface area contributed by atoms with Gasteiger partial charge in [0.15, 0.2) is 0 Å². The molecule has 3 aliphatic rings. The summed E-state index contributed by atoms with van der Waals surface area (Å²) in [7, 11) is 0. The molecule has 5 nitrogen and oxygen atoms in total. The largest absolute Gasteiger partial charge is 0.473 e. The van der Waals surface area contributed by atoms with Crippen molar-refractivity contribution in [2.75, 3.05) is 19.7 Å². The molecular weight excluding hydrogens is 316 g/mol. The number of ether oxygens (including phenoxy) is 2. The van der Waals surface area contributed by atoms with Crippen LogP contribution in [0.25, 0.3) is 0 Å². The Labute approximate surface area is 150 Å². The molecular formula is C20H30N2O3. The first-order chi connectivity index (χ1) is 12.0. The van der Waals surface area contributed by atoms with E-state index in [-0.39, 0.29) is 23.7 Å². The SMILES string of the molecule is CC1(C)C[C@H]2C[C@@H](Oc3ccccn3)[C@H](N3CCCCC3)[C@]2(O)CO1. The first-order valence-corrected chi connectivity index (χ1v) is 9.66. The van der Waals surface area contributed by atoms with Gasteiger partial charge in [-0.3, -0.25) is 4.90 Å². The van der Waals surface area contributed by atoms with Crippen LogP contribution in [0.4, 0.5) is 0 Å². The second-order valence-corrected chi connectivity index (χ2v) is 8.54. The number of hydrogen-bond donors (Lipinski definition) is 1. The Morgan fingerprint density at radius 3 is 2.76 bits per heavy atom. The quantitative estimate of drug-likeness (QED) is 0.912. The Hall–Kier alpha value is -1.17. The van der Waals surface area contributed by atoms with Crippen LogP contribution in [-0.2, 0) is 4.74 Å². The van der Waals surface area contributed by atoms with E-state index in [0.29, 0.717) is 12.5 Å². The molecule has 1 N–H and O–H groups in total. The normalized spacial score (nSPS) is 38.3. The third-order valence-electron chi connectivity index (χ3n) is 6.21. The van der Waals surface area contributed by atoms with E-state index < -0.39 is 5.60 Å². The number of nitrogens with zero attached hydrogens (tertiary/aromatic N) is 2. The smallest absolute Gasteiger partial charge is 0.213 e. The maximum atomic E-state index is 11.6. The van der Waals surface area contributed by atoms with Crippen LogP contribution in [0.5, 0.6) is 5.88 Å². The zero-order chi connectivity index (χ0) is 17.5. The average molecular weight is 346 g/mol. The zero-order valence-corrected chi connectivity index (χ0v) is 15.4. The first-order valence-electron chi connectivity index (χ1n) is 9.66. The minimum absolute atomic E-state index is 0.0177.